The molecule has 0 aromatic carbocycles. The molecule has 1 fully saturated rings. The van der Waals surface area contributed by atoms with E-state index in [4.69, 9.17) is 5.73 Å². The highest BCUT2D eigenvalue weighted by Gasteiger charge is 2.42. The molecule has 88 valence electrons. The van der Waals surface area contributed by atoms with Crippen molar-refractivity contribution in [3.05, 3.63) is 18.0 Å². The molecule has 0 saturated heterocycles. The average molecular weight is 222 g/mol. The van der Waals surface area contributed by atoms with E-state index < -0.39 is 0 Å². The molecule has 0 atom stereocenters. The Balaban J connectivity index is 1.88. The third-order valence-electron chi connectivity index (χ3n) is 3.39. The summed E-state index contributed by atoms with van der Waals surface area (Å²) in [5.41, 5.74) is 6.39. The number of carbonyl (C=O) groups is 1. The van der Waals surface area contributed by atoms with Gasteiger partial charge in [-0.2, -0.15) is 5.10 Å². The van der Waals surface area contributed by atoms with Crippen molar-refractivity contribution in [3.8, 4) is 0 Å². The zero-order valence-electron chi connectivity index (χ0n) is 9.57. The van der Waals surface area contributed by atoms with Gasteiger partial charge in [0.25, 0.3) is 0 Å². The average Bonchev–Trinajstić information content (AvgIpc) is 2.60. The highest BCUT2D eigenvalue weighted by Crippen LogP contribution is 2.39. The van der Waals surface area contributed by atoms with Gasteiger partial charge in [-0.3, -0.25) is 9.48 Å². The van der Waals surface area contributed by atoms with Gasteiger partial charge in [0, 0.05) is 31.9 Å². The molecular weight excluding hydrogens is 204 g/mol. The number of nitrogens with two attached hydrogens (primary N) is 1. The van der Waals surface area contributed by atoms with Crippen LogP contribution >= 0.6 is 0 Å². The minimum atomic E-state index is -0.289. The van der Waals surface area contributed by atoms with E-state index in [0.29, 0.717) is 13.1 Å². The lowest BCUT2D eigenvalue weighted by Crippen LogP contribution is -2.50. The predicted molar refractivity (Wildman–Crippen MR) is 60.4 cm³/mol. The molecule has 0 aliphatic heterocycles. The maximum atomic E-state index is 11.9. The summed E-state index contributed by atoms with van der Waals surface area (Å²) in [7, 11) is 1.86. The van der Waals surface area contributed by atoms with Crippen LogP contribution in [0.2, 0.25) is 0 Å². The fourth-order valence-electron chi connectivity index (χ4n) is 2.06. The van der Waals surface area contributed by atoms with E-state index in [1.165, 1.54) is 0 Å². The van der Waals surface area contributed by atoms with Crippen LogP contribution in [0, 0.1) is 5.41 Å². The van der Waals surface area contributed by atoms with Gasteiger partial charge in [-0.25, -0.2) is 0 Å². The SMILES string of the molecule is Cn1cc(CNC(=O)C2(CN)CCC2)cn1. The summed E-state index contributed by atoms with van der Waals surface area (Å²) in [6.07, 6.45) is 6.61. The summed E-state index contributed by atoms with van der Waals surface area (Å²) < 4.78 is 1.73. The zero-order valence-corrected chi connectivity index (χ0v) is 9.57. The van der Waals surface area contributed by atoms with E-state index >= 15 is 0 Å². The third-order valence-corrected chi connectivity index (χ3v) is 3.39. The summed E-state index contributed by atoms with van der Waals surface area (Å²) >= 11 is 0. The lowest BCUT2D eigenvalue weighted by Gasteiger charge is -2.39. The maximum Gasteiger partial charge on any atom is 0.227 e. The first kappa shape index (κ1) is 11.1. The van der Waals surface area contributed by atoms with Crippen molar-refractivity contribution >= 4 is 5.91 Å². The molecule has 3 N–H and O–H groups in total. The second-order valence-corrected chi connectivity index (χ2v) is 4.54. The molecule has 1 aliphatic rings. The van der Waals surface area contributed by atoms with Crippen LogP contribution in [-0.2, 0) is 18.4 Å². The Hall–Kier alpha value is -1.36. The largest absolute Gasteiger partial charge is 0.351 e. The number of nitrogens with one attached hydrogen (secondary N) is 1. The van der Waals surface area contributed by atoms with Crippen molar-refractivity contribution in [1.82, 2.24) is 15.1 Å². The molecule has 5 nitrogen and oxygen atoms in total. The fourth-order valence-corrected chi connectivity index (χ4v) is 2.06. The lowest BCUT2D eigenvalue weighted by atomic mass is 9.68. The molecular formula is C11H18N4O. The monoisotopic (exact) mass is 222 g/mol. The number of amides is 1. The van der Waals surface area contributed by atoms with Gasteiger partial charge < -0.3 is 11.1 Å². The molecule has 16 heavy (non-hydrogen) atoms. The quantitative estimate of drug-likeness (QED) is 0.762. The Morgan fingerprint density at radius 1 is 1.69 bits per heavy atom. The highest BCUT2D eigenvalue weighted by atomic mass is 16.2. The number of aromatic nitrogens is 2. The second kappa shape index (κ2) is 4.25. The Labute approximate surface area is 95.0 Å². The normalized spacial score (nSPS) is 17.9. The first-order valence-corrected chi connectivity index (χ1v) is 5.62. The van der Waals surface area contributed by atoms with Crippen LogP contribution in [-0.4, -0.2) is 22.2 Å². The molecule has 1 aliphatic carbocycles. The minimum Gasteiger partial charge on any atom is -0.351 e. The topological polar surface area (TPSA) is 72.9 Å². The maximum absolute atomic E-state index is 11.9. The van der Waals surface area contributed by atoms with Crippen molar-refractivity contribution in [2.24, 2.45) is 18.2 Å². The number of rotatable bonds is 4. The van der Waals surface area contributed by atoms with Crippen LogP contribution < -0.4 is 11.1 Å². The van der Waals surface area contributed by atoms with Crippen molar-refractivity contribution in [2.45, 2.75) is 25.8 Å². The second-order valence-electron chi connectivity index (χ2n) is 4.54. The molecule has 5 heteroatoms. The van der Waals surface area contributed by atoms with Gasteiger partial charge in [0.1, 0.15) is 0 Å². The molecule has 1 aromatic rings. The molecule has 2 rings (SSSR count). The fraction of sp³-hybridized carbons (Fsp3) is 0.636. The molecule has 1 heterocycles. The van der Waals surface area contributed by atoms with Gasteiger partial charge in [0.05, 0.1) is 11.6 Å². The van der Waals surface area contributed by atoms with E-state index in [2.05, 4.69) is 10.4 Å². The van der Waals surface area contributed by atoms with Crippen molar-refractivity contribution in [1.29, 1.82) is 0 Å². The van der Waals surface area contributed by atoms with Crippen LogP contribution in [0.4, 0.5) is 0 Å². The van der Waals surface area contributed by atoms with Gasteiger partial charge in [0.15, 0.2) is 0 Å². The van der Waals surface area contributed by atoms with E-state index in [9.17, 15) is 4.79 Å². The van der Waals surface area contributed by atoms with Crippen LogP contribution in [0.15, 0.2) is 12.4 Å². The molecule has 0 spiro atoms. The summed E-state index contributed by atoms with van der Waals surface area (Å²) in [6.45, 7) is 0.986. The van der Waals surface area contributed by atoms with Crippen LogP contribution in [0.3, 0.4) is 0 Å². The smallest absolute Gasteiger partial charge is 0.227 e. The van der Waals surface area contributed by atoms with E-state index in [1.807, 2.05) is 13.2 Å². The van der Waals surface area contributed by atoms with Gasteiger partial charge >= 0.3 is 0 Å². The van der Waals surface area contributed by atoms with Crippen molar-refractivity contribution in [3.63, 3.8) is 0 Å². The Morgan fingerprint density at radius 2 is 2.44 bits per heavy atom. The van der Waals surface area contributed by atoms with Gasteiger partial charge in [-0.05, 0) is 12.8 Å². The molecule has 1 aromatic heterocycles. The predicted octanol–water partition coefficient (Wildman–Crippen LogP) is 0.165. The van der Waals surface area contributed by atoms with E-state index in [1.54, 1.807) is 10.9 Å². The van der Waals surface area contributed by atoms with E-state index in [0.717, 1.165) is 24.8 Å². The lowest BCUT2D eigenvalue weighted by molar-refractivity contribution is -0.135. The molecule has 1 amide bonds. The van der Waals surface area contributed by atoms with Crippen LogP contribution in [0.25, 0.3) is 0 Å². The number of carbonyl (C=O) groups excluding carboxylic acids is 1. The Kier molecular flexibility index (Phi) is 2.96. The molecule has 0 unspecified atom stereocenters. The molecule has 0 bridgehead atoms. The first-order chi connectivity index (χ1) is 7.66. The van der Waals surface area contributed by atoms with Gasteiger partial charge in [-0.15, -0.1) is 0 Å². The Bertz CT molecular complexity index is 376. The third kappa shape index (κ3) is 1.95. The molecule has 1 saturated carbocycles. The number of aryl methyl sites for hydroxylation is 1. The van der Waals surface area contributed by atoms with Crippen molar-refractivity contribution < 1.29 is 4.79 Å². The summed E-state index contributed by atoms with van der Waals surface area (Å²) in [5.74, 6) is 0.0881. The highest BCUT2D eigenvalue weighted by molar-refractivity contribution is 5.83. The van der Waals surface area contributed by atoms with Crippen LogP contribution in [0.5, 0.6) is 0 Å². The van der Waals surface area contributed by atoms with Gasteiger partial charge in [-0.1, -0.05) is 6.42 Å². The summed E-state index contributed by atoms with van der Waals surface area (Å²) in [5, 5.41) is 6.99. The number of hydrogen-bond acceptors (Lipinski definition) is 3. The van der Waals surface area contributed by atoms with Crippen LogP contribution in [0.1, 0.15) is 24.8 Å². The summed E-state index contributed by atoms with van der Waals surface area (Å²) in [6, 6.07) is 0. The number of nitrogens with zero attached hydrogens (tertiary/aromatic N) is 2. The molecule has 0 radical (unpaired) electrons. The Morgan fingerprint density at radius 3 is 2.88 bits per heavy atom. The standard InChI is InChI=1S/C11H18N4O/c1-15-7-9(6-14-15)5-13-10(16)11(8-12)3-2-4-11/h6-7H,2-5,8,12H2,1H3,(H,13,16). The zero-order chi connectivity index (χ0) is 11.6. The first-order valence-electron chi connectivity index (χ1n) is 5.62. The van der Waals surface area contributed by atoms with Gasteiger partial charge in [0.2, 0.25) is 5.91 Å². The van der Waals surface area contributed by atoms with Crippen molar-refractivity contribution in [2.75, 3.05) is 6.54 Å². The minimum absolute atomic E-state index is 0.0881. The van der Waals surface area contributed by atoms with E-state index in [-0.39, 0.29) is 11.3 Å². The number of hydrogen-bond donors (Lipinski definition) is 2. The summed E-state index contributed by atoms with van der Waals surface area (Å²) in [4.78, 5) is 11.9.